The maximum absolute atomic E-state index is 13.0. The van der Waals surface area contributed by atoms with Gasteiger partial charge in [0.25, 0.3) is 0 Å². The first-order chi connectivity index (χ1) is 8.04. The lowest BCUT2D eigenvalue weighted by Gasteiger charge is -2.17. The summed E-state index contributed by atoms with van der Waals surface area (Å²) in [6.07, 6.45) is 1.27. The average molecular weight is 243 g/mol. The molecule has 0 spiro atoms. The van der Waals surface area contributed by atoms with E-state index in [0.29, 0.717) is 18.2 Å². The Bertz CT molecular complexity index is 357. The minimum atomic E-state index is -0.928. The fourth-order valence-electron chi connectivity index (χ4n) is 1.69. The van der Waals surface area contributed by atoms with E-state index in [2.05, 4.69) is 12.2 Å². The van der Waals surface area contributed by atoms with Crippen LogP contribution in [0.2, 0.25) is 0 Å². The molecule has 1 aromatic carbocycles. The molecule has 0 amide bonds. The van der Waals surface area contributed by atoms with E-state index in [1.807, 2.05) is 6.92 Å². The second-order valence-electron chi connectivity index (χ2n) is 4.29. The maximum Gasteiger partial charge on any atom is 0.159 e. The van der Waals surface area contributed by atoms with Crippen LogP contribution in [0, 0.1) is 11.6 Å². The van der Waals surface area contributed by atoms with E-state index < -0.39 is 17.7 Å². The number of halogens is 2. The van der Waals surface area contributed by atoms with E-state index in [1.54, 1.807) is 0 Å². The van der Waals surface area contributed by atoms with Crippen LogP contribution in [0.5, 0.6) is 0 Å². The first kappa shape index (κ1) is 14.1. The van der Waals surface area contributed by atoms with Crippen molar-refractivity contribution >= 4 is 0 Å². The summed E-state index contributed by atoms with van der Waals surface area (Å²) in [6, 6.07) is 3.77. The van der Waals surface area contributed by atoms with Crippen LogP contribution in [0.1, 0.15) is 38.4 Å². The van der Waals surface area contributed by atoms with Gasteiger partial charge in [0.2, 0.25) is 0 Å². The van der Waals surface area contributed by atoms with Crippen molar-refractivity contribution in [1.82, 2.24) is 5.32 Å². The molecule has 0 aromatic heterocycles. The van der Waals surface area contributed by atoms with Gasteiger partial charge in [-0.05, 0) is 31.0 Å². The van der Waals surface area contributed by atoms with Gasteiger partial charge in [0.05, 0.1) is 6.10 Å². The van der Waals surface area contributed by atoms with Gasteiger partial charge in [-0.3, -0.25) is 0 Å². The Morgan fingerprint density at radius 3 is 2.59 bits per heavy atom. The zero-order valence-corrected chi connectivity index (χ0v) is 10.2. The van der Waals surface area contributed by atoms with Crippen LogP contribution in [-0.2, 0) is 0 Å². The molecule has 0 aliphatic heterocycles. The zero-order valence-electron chi connectivity index (χ0n) is 10.2. The fraction of sp³-hybridized carbons (Fsp3) is 0.538. The van der Waals surface area contributed by atoms with Gasteiger partial charge in [0.1, 0.15) is 0 Å². The van der Waals surface area contributed by atoms with Gasteiger partial charge in [0, 0.05) is 12.6 Å². The Morgan fingerprint density at radius 1 is 1.29 bits per heavy atom. The van der Waals surface area contributed by atoms with E-state index in [9.17, 15) is 13.9 Å². The molecule has 2 N–H and O–H groups in total. The number of aliphatic hydroxyl groups is 1. The molecule has 96 valence electrons. The molecule has 1 rings (SSSR count). The molecule has 0 saturated heterocycles. The second kappa shape index (κ2) is 6.67. The van der Waals surface area contributed by atoms with Crippen molar-refractivity contribution in [2.45, 2.75) is 38.8 Å². The lowest BCUT2D eigenvalue weighted by Crippen LogP contribution is -2.30. The highest BCUT2D eigenvalue weighted by Crippen LogP contribution is 2.15. The molecule has 2 nitrogen and oxygen atoms in total. The first-order valence-electron chi connectivity index (χ1n) is 5.91. The highest BCUT2D eigenvalue weighted by atomic mass is 19.2. The number of rotatable bonds is 6. The van der Waals surface area contributed by atoms with Crippen molar-refractivity contribution < 1.29 is 13.9 Å². The maximum atomic E-state index is 13.0. The Labute approximate surface area is 101 Å². The van der Waals surface area contributed by atoms with Crippen molar-refractivity contribution in [3.8, 4) is 0 Å². The summed E-state index contributed by atoms with van der Waals surface area (Å²) in [5.74, 6) is -1.82. The third-order valence-corrected chi connectivity index (χ3v) is 2.71. The van der Waals surface area contributed by atoms with Crippen LogP contribution in [0.3, 0.4) is 0 Å². The Kier molecular flexibility index (Phi) is 5.51. The van der Waals surface area contributed by atoms with Crippen molar-refractivity contribution in [3.05, 3.63) is 35.4 Å². The molecule has 0 radical (unpaired) electrons. The number of nitrogens with one attached hydrogen (secondary N) is 1. The van der Waals surface area contributed by atoms with Crippen molar-refractivity contribution in [2.75, 3.05) is 6.54 Å². The van der Waals surface area contributed by atoms with Crippen LogP contribution in [0.15, 0.2) is 18.2 Å². The smallest absolute Gasteiger partial charge is 0.159 e. The predicted octanol–water partition coefficient (Wildman–Crippen LogP) is 2.78. The average Bonchev–Trinajstić information content (AvgIpc) is 2.30. The molecule has 0 saturated carbocycles. The van der Waals surface area contributed by atoms with E-state index in [0.717, 1.165) is 25.0 Å². The second-order valence-corrected chi connectivity index (χ2v) is 4.29. The van der Waals surface area contributed by atoms with Crippen molar-refractivity contribution in [1.29, 1.82) is 0 Å². The summed E-state index contributed by atoms with van der Waals surface area (Å²) in [5.41, 5.74) is 0.389. The molecular formula is C13H19F2NO. The van der Waals surface area contributed by atoms with Crippen molar-refractivity contribution in [3.63, 3.8) is 0 Å². The zero-order chi connectivity index (χ0) is 12.8. The fourth-order valence-corrected chi connectivity index (χ4v) is 1.69. The lowest BCUT2D eigenvalue weighted by atomic mass is 10.1. The first-order valence-corrected chi connectivity index (χ1v) is 5.91. The minimum absolute atomic E-state index is 0.306. The Hall–Kier alpha value is -1.00. The van der Waals surface area contributed by atoms with E-state index >= 15 is 0 Å². The minimum Gasteiger partial charge on any atom is -0.387 e. The summed E-state index contributed by atoms with van der Waals surface area (Å²) in [6.45, 7) is 4.46. The molecule has 0 heterocycles. The summed E-state index contributed by atoms with van der Waals surface area (Å²) in [4.78, 5) is 0. The normalized spacial score (nSPS) is 14.6. The van der Waals surface area contributed by atoms with Crippen LogP contribution < -0.4 is 5.32 Å². The molecule has 0 fully saturated rings. The van der Waals surface area contributed by atoms with E-state index in [4.69, 9.17) is 0 Å². The number of hydrogen-bond acceptors (Lipinski definition) is 2. The van der Waals surface area contributed by atoms with Gasteiger partial charge in [0.15, 0.2) is 11.6 Å². The molecule has 0 aliphatic rings. The monoisotopic (exact) mass is 243 g/mol. The molecule has 0 aliphatic carbocycles. The Morgan fingerprint density at radius 2 is 2.00 bits per heavy atom. The van der Waals surface area contributed by atoms with E-state index in [-0.39, 0.29) is 0 Å². The summed E-state index contributed by atoms with van der Waals surface area (Å²) in [5, 5.41) is 13.0. The van der Waals surface area contributed by atoms with Gasteiger partial charge >= 0.3 is 0 Å². The van der Waals surface area contributed by atoms with Crippen molar-refractivity contribution in [2.24, 2.45) is 0 Å². The Balaban J connectivity index is 2.52. The van der Waals surface area contributed by atoms with Crippen LogP contribution in [-0.4, -0.2) is 17.7 Å². The SMILES string of the molecule is CCCC(C)NCC(O)c1ccc(F)c(F)c1. The van der Waals surface area contributed by atoms with Crippen LogP contribution in [0.4, 0.5) is 8.78 Å². The predicted molar refractivity (Wildman–Crippen MR) is 63.7 cm³/mol. The summed E-state index contributed by atoms with van der Waals surface area (Å²) in [7, 11) is 0. The molecule has 2 atom stereocenters. The highest BCUT2D eigenvalue weighted by molar-refractivity contribution is 5.20. The summed E-state index contributed by atoms with van der Waals surface area (Å²) < 4.78 is 25.7. The number of hydrogen-bond donors (Lipinski definition) is 2. The number of aliphatic hydroxyl groups excluding tert-OH is 1. The molecule has 17 heavy (non-hydrogen) atoms. The topological polar surface area (TPSA) is 32.3 Å². The number of benzene rings is 1. The van der Waals surface area contributed by atoms with Crippen LogP contribution >= 0.6 is 0 Å². The quantitative estimate of drug-likeness (QED) is 0.805. The molecule has 1 aromatic rings. The highest BCUT2D eigenvalue weighted by Gasteiger charge is 2.11. The van der Waals surface area contributed by atoms with Gasteiger partial charge < -0.3 is 10.4 Å². The van der Waals surface area contributed by atoms with Gasteiger partial charge in [-0.25, -0.2) is 8.78 Å². The molecule has 4 heteroatoms. The lowest BCUT2D eigenvalue weighted by molar-refractivity contribution is 0.169. The summed E-state index contributed by atoms with van der Waals surface area (Å²) >= 11 is 0. The third-order valence-electron chi connectivity index (χ3n) is 2.71. The van der Waals surface area contributed by atoms with Gasteiger partial charge in [-0.2, -0.15) is 0 Å². The molecule has 2 unspecified atom stereocenters. The molecular weight excluding hydrogens is 224 g/mol. The van der Waals surface area contributed by atoms with Gasteiger partial charge in [-0.1, -0.05) is 19.4 Å². The van der Waals surface area contributed by atoms with Gasteiger partial charge in [-0.15, -0.1) is 0 Å². The van der Waals surface area contributed by atoms with E-state index in [1.165, 1.54) is 6.07 Å². The largest absolute Gasteiger partial charge is 0.387 e. The standard InChI is InChI=1S/C13H19F2NO/c1-3-4-9(2)16-8-13(17)10-5-6-11(14)12(15)7-10/h5-7,9,13,16-17H,3-4,8H2,1-2H3. The third kappa shape index (κ3) is 4.40. The molecule has 0 bridgehead atoms. The van der Waals surface area contributed by atoms with Crippen LogP contribution in [0.25, 0.3) is 0 Å².